The first-order chi connectivity index (χ1) is 19.3. The Bertz CT molecular complexity index is 1450. The summed E-state index contributed by atoms with van der Waals surface area (Å²) in [7, 11) is 3.16. The highest BCUT2D eigenvalue weighted by molar-refractivity contribution is 14.1. The molecular formula is C27H30IN5O7. The van der Waals surface area contributed by atoms with E-state index in [1.165, 1.54) is 6.33 Å². The van der Waals surface area contributed by atoms with Crippen LogP contribution >= 0.6 is 22.6 Å². The Balaban J connectivity index is 1.45. The number of nitrogens with zero attached hydrogens (tertiary/aromatic N) is 3. The SMILES string of the molecule is COCCOc1cc2ncnc(Oc3cccc(NC(=O)Nc4cc(C(C)(C)COCI)on4)c3)c2cc1OC. The van der Waals surface area contributed by atoms with Gasteiger partial charge >= 0.3 is 6.03 Å². The lowest BCUT2D eigenvalue weighted by atomic mass is 9.91. The van der Waals surface area contributed by atoms with Crippen LogP contribution < -0.4 is 24.8 Å². The normalized spacial score (nSPS) is 11.3. The number of amides is 2. The molecule has 4 aromatic rings. The van der Waals surface area contributed by atoms with Crippen LogP contribution in [-0.4, -0.2) is 59.8 Å². The lowest BCUT2D eigenvalue weighted by molar-refractivity contribution is 0.124. The van der Waals surface area contributed by atoms with Gasteiger partial charge in [-0.15, -0.1) is 0 Å². The summed E-state index contributed by atoms with van der Waals surface area (Å²) in [6.45, 7) is 5.21. The summed E-state index contributed by atoms with van der Waals surface area (Å²) in [5, 5.41) is 10.0. The zero-order chi connectivity index (χ0) is 28.5. The summed E-state index contributed by atoms with van der Waals surface area (Å²) in [6, 6.07) is 11.6. The van der Waals surface area contributed by atoms with E-state index < -0.39 is 11.4 Å². The van der Waals surface area contributed by atoms with Crippen LogP contribution in [0.1, 0.15) is 19.6 Å². The van der Waals surface area contributed by atoms with Crippen molar-refractivity contribution >= 4 is 51.0 Å². The number of urea groups is 1. The molecule has 0 spiro atoms. The highest BCUT2D eigenvalue weighted by Gasteiger charge is 2.26. The molecule has 2 N–H and O–H groups in total. The van der Waals surface area contributed by atoms with Crippen molar-refractivity contribution in [2.24, 2.45) is 0 Å². The molecule has 40 heavy (non-hydrogen) atoms. The third-order valence-electron chi connectivity index (χ3n) is 5.69. The molecule has 0 atom stereocenters. The lowest BCUT2D eigenvalue weighted by Crippen LogP contribution is -2.23. The Labute approximate surface area is 244 Å². The highest BCUT2D eigenvalue weighted by Crippen LogP contribution is 2.36. The average Bonchev–Trinajstić information content (AvgIpc) is 3.41. The zero-order valence-electron chi connectivity index (χ0n) is 22.5. The minimum atomic E-state index is -0.489. The predicted octanol–water partition coefficient (Wildman–Crippen LogP) is 5.77. The quantitative estimate of drug-likeness (QED) is 0.103. The maximum Gasteiger partial charge on any atom is 0.324 e. The van der Waals surface area contributed by atoms with Crippen LogP contribution in [0.25, 0.3) is 10.9 Å². The largest absolute Gasteiger partial charge is 0.493 e. The van der Waals surface area contributed by atoms with Crippen molar-refractivity contribution in [3.8, 4) is 23.1 Å². The van der Waals surface area contributed by atoms with Crippen molar-refractivity contribution in [2.75, 3.05) is 49.3 Å². The number of hydrogen-bond donors (Lipinski definition) is 2. The number of hydrogen-bond acceptors (Lipinski definition) is 10. The fourth-order valence-corrected chi connectivity index (χ4v) is 3.89. The van der Waals surface area contributed by atoms with Crippen molar-refractivity contribution in [1.82, 2.24) is 15.1 Å². The first kappa shape index (κ1) is 29.3. The van der Waals surface area contributed by atoms with Gasteiger partial charge in [0.05, 0.1) is 35.8 Å². The number of halogens is 1. The van der Waals surface area contributed by atoms with Crippen molar-refractivity contribution in [1.29, 1.82) is 0 Å². The average molecular weight is 663 g/mol. The minimum absolute atomic E-state index is 0.287. The Hall–Kier alpha value is -3.69. The fraction of sp³-hybridized carbons (Fsp3) is 0.333. The van der Waals surface area contributed by atoms with Crippen LogP contribution in [-0.2, 0) is 14.9 Å². The van der Waals surface area contributed by atoms with E-state index in [1.807, 2.05) is 13.8 Å². The monoisotopic (exact) mass is 663 g/mol. The number of carbonyl (C=O) groups excluding carboxylic acids is 1. The summed E-state index contributed by atoms with van der Waals surface area (Å²) in [5.41, 5.74) is 0.718. The van der Waals surface area contributed by atoms with Crippen molar-refractivity contribution < 1.29 is 33.0 Å². The lowest BCUT2D eigenvalue weighted by Gasteiger charge is -2.19. The van der Waals surface area contributed by atoms with E-state index in [2.05, 4.69) is 48.3 Å². The molecule has 0 aliphatic heterocycles. The Kier molecular flexibility index (Phi) is 9.95. The van der Waals surface area contributed by atoms with Gasteiger partial charge in [0.15, 0.2) is 17.3 Å². The van der Waals surface area contributed by atoms with Gasteiger partial charge in [-0.2, -0.15) is 0 Å². The van der Waals surface area contributed by atoms with Gasteiger partial charge in [0, 0.05) is 36.4 Å². The van der Waals surface area contributed by atoms with Gasteiger partial charge in [-0.1, -0.05) is 47.7 Å². The summed E-state index contributed by atoms with van der Waals surface area (Å²) in [5.74, 6) is 2.70. The third kappa shape index (κ3) is 7.49. The molecule has 2 aromatic heterocycles. The number of methoxy groups -OCH3 is 2. The molecule has 0 bridgehead atoms. The van der Waals surface area contributed by atoms with Gasteiger partial charge in [-0.25, -0.2) is 14.8 Å². The number of benzene rings is 2. The summed E-state index contributed by atoms with van der Waals surface area (Å²) < 4.78 is 33.8. The summed E-state index contributed by atoms with van der Waals surface area (Å²) in [4.78, 5) is 21.3. The molecule has 212 valence electrons. The number of alkyl halides is 1. The molecule has 0 saturated heterocycles. The van der Waals surface area contributed by atoms with Crippen LogP contribution in [0.15, 0.2) is 53.3 Å². The molecule has 2 amide bonds. The standard InChI is InChI=1S/C27H30IN5O7/c1-27(2,14-37-15-28)23-13-24(33-40-23)32-26(34)31-17-6-5-7-18(10-17)39-25-19-11-21(36-4)22(38-9-8-35-3)12-20(19)29-16-30-25/h5-7,10-13,16H,8-9,14-15H2,1-4H3,(H2,31,32,33,34). The van der Waals surface area contributed by atoms with Gasteiger partial charge in [-0.05, 0) is 18.2 Å². The molecule has 0 radical (unpaired) electrons. The first-order valence-electron chi connectivity index (χ1n) is 12.2. The first-order valence-corrected chi connectivity index (χ1v) is 13.8. The number of fused-ring (bicyclic) bond motifs is 1. The maximum absolute atomic E-state index is 12.6. The van der Waals surface area contributed by atoms with E-state index in [9.17, 15) is 4.79 Å². The molecule has 0 saturated carbocycles. The molecule has 4 rings (SSSR count). The molecule has 12 nitrogen and oxygen atoms in total. The van der Waals surface area contributed by atoms with E-state index in [-0.39, 0.29) is 5.82 Å². The second-order valence-electron chi connectivity index (χ2n) is 9.17. The second-order valence-corrected chi connectivity index (χ2v) is 9.79. The van der Waals surface area contributed by atoms with Crippen molar-refractivity contribution in [3.05, 3.63) is 54.6 Å². The van der Waals surface area contributed by atoms with Gasteiger partial charge < -0.3 is 33.5 Å². The van der Waals surface area contributed by atoms with Gasteiger partial charge in [0.2, 0.25) is 5.88 Å². The van der Waals surface area contributed by atoms with E-state index in [4.69, 9.17) is 28.2 Å². The van der Waals surface area contributed by atoms with E-state index >= 15 is 0 Å². The predicted molar refractivity (Wildman–Crippen MR) is 157 cm³/mol. The summed E-state index contributed by atoms with van der Waals surface area (Å²) >= 11 is 2.14. The Morgan fingerprint density at radius 2 is 1.90 bits per heavy atom. The van der Waals surface area contributed by atoms with E-state index in [1.54, 1.807) is 56.7 Å². The van der Waals surface area contributed by atoms with Crippen LogP contribution in [0.5, 0.6) is 23.1 Å². The van der Waals surface area contributed by atoms with Crippen LogP contribution in [0.3, 0.4) is 0 Å². The van der Waals surface area contributed by atoms with Crippen molar-refractivity contribution in [2.45, 2.75) is 19.3 Å². The van der Waals surface area contributed by atoms with Crippen molar-refractivity contribution in [3.63, 3.8) is 0 Å². The minimum Gasteiger partial charge on any atom is -0.493 e. The van der Waals surface area contributed by atoms with Crippen LogP contribution in [0.4, 0.5) is 16.3 Å². The van der Waals surface area contributed by atoms with Gasteiger partial charge in [0.1, 0.15) is 24.4 Å². The van der Waals surface area contributed by atoms with Gasteiger partial charge in [-0.3, -0.25) is 5.32 Å². The highest BCUT2D eigenvalue weighted by atomic mass is 127. The fourth-order valence-electron chi connectivity index (χ4n) is 3.67. The maximum atomic E-state index is 12.6. The molecule has 0 aliphatic carbocycles. The Morgan fingerprint density at radius 1 is 1.05 bits per heavy atom. The van der Waals surface area contributed by atoms with E-state index in [0.717, 1.165) is 0 Å². The number of carbonyl (C=O) groups is 1. The molecular weight excluding hydrogens is 633 g/mol. The third-order valence-corrected chi connectivity index (χ3v) is 6.13. The molecule has 2 aromatic carbocycles. The number of aromatic nitrogens is 3. The number of anilines is 2. The topological polar surface area (TPSA) is 139 Å². The molecule has 0 aliphatic rings. The van der Waals surface area contributed by atoms with Crippen LogP contribution in [0, 0.1) is 0 Å². The molecule has 0 fully saturated rings. The molecule has 0 unspecified atom stereocenters. The number of ether oxygens (including phenoxy) is 5. The number of nitrogens with one attached hydrogen (secondary N) is 2. The molecule has 13 heteroatoms. The van der Waals surface area contributed by atoms with E-state index in [0.29, 0.717) is 69.9 Å². The zero-order valence-corrected chi connectivity index (χ0v) is 24.7. The van der Waals surface area contributed by atoms with Crippen LogP contribution in [0.2, 0.25) is 0 Å². The second kappa shape index (κ2) is 13.6. The summed E-state index contributed by atoms with van der Waals surface area (Å²) in [6.07, 6.45) is 1.40. The Morgan fingerprint density at radius 3 is 2.67 bits per heavy atom. The molecule has 2 heterocycles. The number of rotatable bonds is 13. The van der Waals surface area contributed by atoms with Gasteiger partial charge in [0.25, 0.3) is 0 Å². The smallest absolute Gasteiger partial charge is 0.324 e.